The zero-order valence-corrected chi connectivity index (χ0v) is 17.2. The van der Waals surface area contributed by atoms with E-state index in [9.17, 15) is 4.79 Å². The molecule has 0 spiro atoms. The first-order valence-corrected chi connectivity index (χ1v) is 10.4. The molecule has 6 nitrogen and oxygen atoms in total. The largest absolute Gasteiger partial charge is 0.476 e. The zero-order chi connectivity index (χ0) is 20.8. The molecule has 2 heterocycles. The Morgan fingerprint density at radius 3 is 2.47 bits per heavy atom. The second-order valence-corrected chi connectivity index (χ2v) is 7.61. The summed E-state index contributed by atoms with van der Waals surface area (Å²) in [7, 11) is 0. The molecule has 0 N–H and O–H groups in total. The van der Waals surface area contributed by atoms with Gasteiger partial charge in [0.25, 0.3) is 5.91 Å². The standard InChI is InChI=1S/C24H27N3O3/c1-19-17-21(25-30-19)18-26-13-8-14-27(16-15-26)24(28)23(20-9-4-2-5-10-20)29-22-11-6-3-7-12-22/h2-7,9-12,17,23H,8,13-16,18H2,1H3. The van der Waals surface area contributed by atoms with E-state index in [0.717, 1.165) is 43.1 Å². The van der Waals surface area contributed by atoms with Gasteiger partial charge in [0.05, 0.1) is 5.69 Å². The fourth-order valence-corrected chi connectivity index (χ4v) is 3.76. The highest BCUT2D eigenvalue weighted by Gasteiger charge is 2.29. The maximum Gasteiger partial charge on any atom is 0.268 e. The number of aryl methyl sites for hydroxylation is 1. The van der Waals surface area contributed by atoms with Crippen LogP contribution in [-0.2, 0) is 11.3 Å². The monoisotopic (exact) mass is 405 g/mol. The molecule has 0 bridgehead atoms. The van der Waals surface area contributed by atoms with Crippen LogP contribution in [0, 0.1) is 6.92 Å². The van der Waals surface area contributed by atoms with E-state index in [1.54, 1.807) is 0 Å². The molecule has 4 rings (SSSR count). The zero-order valence-electron chi connectivity index (χ0n) is 17.2. The highest BCUT2D eigenvalue weighted by atomic mass is 16.5. The molecule has 0 aliphatic carbocycles. The molecule has 1 atom stereocenters. The van der Waals surface area contributed by atoms with Crippen LogP contribution in [0.25, 0.3) is 0 Å². The summed E-state index contributed by atoms with van der Waals surface area (Å²) in [4.78, 5) is 17.7. The average Bonchev–Trinajstić information content (AvgIpc) is 3.04. The van der Waals surface area contributed by atoms with Gasteiger partial charge in [-0.3, -0.25) is 9.69 Å². The molecule has 1 aromatic heterocycles. The Labute approximate surface area is 177 Å². The van der Waals surface area contributed by atoms with E-state index in [1.165, 1.54) is 0 Å². The quantitative estimate of drug-likeness (QED) is 0.624. The summed E-state index contributed by atoms with van der Waals surface area (Å²) in [5, 5.41) is 4.09. The minimum Gasteiger partial charge on any atom is -0.476 e. The molecule has 1 unspecified atom stereocenters. The van der Waals surface area contributed by atoms with Gasteiger partial charge in [0.1, 0.15) is 11.5 Å². The van der Waals surface area contributed by atoms with Gasteiger partial charge in [0, 0.05) is 44.4 Å². The summed E-state index contributed by atoms with van der Waals surface area (Å²) in [6.45, 7) is 5.74. The van der Waals surface area contributed by atoms with Gasteiger partial charge in [-0.05, 0) is 25.5 Å². The van der Waals surface area contributed by atoms with Crippen LogP contribution in [0.3, 0.4) is 0 Å². The van der Waals surface area contributed by atoms with E-state index < -0.39 is 6.10 Å². The second-order valence-electron chi connectivity index (χ2n) is 7.61. The Balaban J connectivity index is 1.45. The van der Waals surface area contributed by atoms with Gasteiger partial charge in [-0.1, -0.05) is 53.7 Å². The van der Waals surface area contributed by atoms with Crippen LogP contribution < -0.4 is 4.74 Å². The molecule has 30 heavy (non-hydrogen) atoms. The number of hydrogen-bond acceptors (Lipinski definition) is 5. The number of para-hydroxylation sites is 1. The maximum absolute atomic E-state index is 13.5. The van der Waals surface area contributed by atoms with Crippen molar-refractivity contribution in [3.63, 3.8) is 0 Å². The number of nitrogens with zero attached hydrogens (tertiary/aromatic N) is 3. The number of amides is 1. The third kappa shape index (κ3) is 5.07. The van der Waals surface area contributed by atoms with Crippen molar-refractivity contribution in [2.75, 3.05) is 26.2 Å². The highest BCUT2D eigenvalue weighted by molar-refractivity contribution is 5.82. The third-order valence-electron chi connectivity index (χ3n) is 5.29. The predicted molar refractivity (Wildman–Crippen MR) is 114 cm³/mol. The van der Waals surface area contributed by atoms with Crippen LogP contribution in [0.2, 0.25) is 0 Å². The number of carbonyl (C=O) groups is 1. The Hall–Kier alpha value is -3.12. The summed E-state index contributed by atoms with van der Waals surface area (Å²) >= 11 is 0. The Morgan fingerprint density at radius 1 is 1.03 bits per heavy atom. The molecule has 2 aromatic carbocycles. The first-order valence-electron chi connectivity index (χ1n) is 10.4. The van der Waals surface area contributed by atoms with Gasteiger partial charge in [-0.2, -0.15) is 0 Å². The lowest BCUT2D eigenvalue weighted by atomic mass is 10.1. The number of carbonyl (C=O) groups excluding carboxylic acids is 1. The molecular weight excluding hydrogens is 378 g/mol. The Morgan fingerprint density at radius 2 is 1.77 bits per heavy atom. The molecule has 156 valence electrons. The molecule has 0 radical (unpaired) electrons. The van der Waals surface area contributed by atoms with Crippen molar-refractivity contribution >= 4 is 5.91 Å². The van der Waals surface area contributed by atoms with Crippen molar-refractivity contribution in [2.24, 2.45) is 0 Å². The van der Waals surface area contributed by atoms with E-state index in [4.69, 9.17) is 9.26 Å². The first-order chi connectivity index (χ1) is 14.7. The van der Waals surface area contributed by atoms with Gasteiger partial charge in [-0.25, -0.2) is 0 Å². The fraction of sp³-hybridized carbons (Fsp3) is 0.333. The van der Waals surface area contributed by atoms with Crippen molar-refractivity contribution in [1.82, 2.24) is 15.0 Å². The molecule has 1 aliphatic rings. The first kappa shape index (κ1) is 20.2. The lowest BCUT2D eigenvalue weighted by Gasteiger charge is -2.27. The van der Waals surface area contributed by atoms with E-state index in [2.05, 4.69) is 10.1 Å². The lowest BCUT2D eigenvalue weighted by Crippen LogP contribution is -2.39. The van der Waals surface area contributed by atoms with Crippen LogP contribution >= 0.6 is 0 Å². The maximum atomic E-state index is 13.5. The van der Waals surface area contributed by atoms with Crippen molar-refractivity contribution in [3.05, 3.63) is 83.7 Å². The van der Waals surface area contributed by atoms with Crippen molar-refractivity contribution in [3.8, 4) is 5.75 Å². The van der Waals surface area contributed by atoms with Crippen LogP contribution in [0.5, 0.6) is 5.75 Å². The predicted octanol–water partition coefficient (Wildman–Crippen LogP) is 3.84. The van der Waals surface area contributed by atoms with Gasteiger partial charge >= 0.3 is 0 Å². The number of benzene rings is 2. The SMILES string of the molecule is Cc1cc(CN2CCCN(C(=O)C(Oc3ccccc3)c3ccccc3)CC2)no1. The van der Waals surface area contributed by atoms with Gasteiger partial charge in [0.15, 0.2) is 0 Å². The summed E-state index contributed by atoms with van der Waals surface area (Å²) in [5.41, 5.74) is 1.80. The molecule has 0 saturated carbocycles. The summed E-state index contributed by atoms with van der Waals surface area (Å²) < 4.78 is 11.3. The molecule has 1 saturated heterocycles. The minimum atomic E-state index is -0.654. The van der Waals surface area contributed by atoms with Crippen molar-refractivity contribution in [1.29, 1.82) is 0 Å². The number of ether oxygens (including phenoxy) is 1. The Kier molecular flexibility index (Phi) is 6.44. The van der Waals surface area contributed by atoms with Crippen molar-refractivity contribution in [2.45, 2.75) is 26.0 Å². The number of aromatic nitrogens is 1. The second kappa shape index (κ2) is 9.59. The number of rotatable bonds is 6. The molecular formula is C24H27N3O3. The lowest BCUT2D eigenvalue weighted by molar-refractivity contribution is -0.139. The van der Waals surface area contributed by atoms with E-state index in [1.807, 2.05) is 78.6 Å². The molecule has 1 aliphatic heterocycles. The number of hydrogen-bond donors (Lipinski definition) is 0. The summed E-state index contributed by atoms with van der Waals surface area (Å²) in [6.07, 6.45) is 0.258. The van der Waals surface area contributed by atoms with Gasteiger partial charge in [0.2, 0.25) is 6.10 Å². The Bertz CT molecular complexity index is 943. The van der Waals surface area contributed by atoms with E-state index in [0.29, 0.717) is 18.8 Å². The minimum absolute atomic E-state index is 0.00387. The topological polar surface area (TPSA) is 58.8 Å². The van der Waals surface area contributed by atoms with Crippen molar-refractivity contribution < 1.29 is 14.1 Å². The van der Waals surface area contributed by atoms with E-state index in [-0.39, 0.29) is 5.91 Å². The van der Waals surface area contributed by atoms with Crippen LogP contribution in [-0.4, -0.2) is 47.0 Å². The summed E-state index contributed by atoms with van der Waals surface area (Å²) in [6, 6.07) is 21.2. The van der Waals surface area contributed by atoms with Gasteiger partial charge < -0.3 is 14.2 Å². The normalized spacial score (nSPS) is 16.1. The van der Waals surface area contributed by atoms with Gasteiger partial charge in [-0.15, -0.1) is 0 Å². The van der Waals surface area contributed by atoms with Crippen LogP contribution in [0.15, 0.2) is 71.3 Å². The highest BCUT2D eigenvalue weighted by Crippen LogP contribution is 2.24. The fourth-order valence-electron chi connectivity index (χ4n) is 3.76. The average molecular weight is 405 g/mol. The smallest absolute Gasteiger partial charge is 0.268 e. The molecule has 3 aromatic rings. The summed E-state index contributed by atoms with van der Waals surface area (Å²) in [5.74, 6) is 1.52. The van der Waals surface area contributed by atoms with Crippen LogP contribution in [0.1, 0.15) is 29.5 Å². The molecule has 1 amide bonds. The molecule has 1 fully saturated rings. The third-order valence-corrected chi connectivity index (χ3v) is 5.29. The molecule has 6 heteroatoms. The van der Waals surface area contributed by atoms with Crippen LogP contribution in [0.4, 0.5) is 0 Å². The van der Waals surface area contributed by atoms with E-state index >= 15 is 0 Å².